The maximum absolute atomic E-state index is 2.62. The Hall–Kier alpha value is -0.860. The summed E-state index contributed by atoms with van der Waals surface area (Å²) in [5.41, 5.74) is 1.45. The molecule has 2 nitrogen and oxygen atoms in total. The largest absolute Gasteiger partial charge is 0.302 e. The number of benzene rings is 1. The average Bonchev–Trinajstić information content (AvgIpc) is 2.64. The van der Waals surface area contributed by atoms with Crippen molar-refractivity contribution in [3.63, 3.8) is 0 Å². The molecule has 2 atom stereocenters. The van der Waals surface area contributed by atoms with Crippen LogP contribution in [0.1, 0.15) is 12.0 Å². The standard InChI is InChI=1S/C14H20N2/c1-2-4-13(5-3-1)10-16-9-8-15-7-6-14(11-15)12-16/h1-5,14H,6-12H2. The van der Waals surface area contributed by atoms with Crippen LogP contribution in [0.4, 0.5) is 0 Å². The lowest BCUT2D eigenvalue weighted by Crippen LogP contribution is -2.32. The Labute approximate surface area is 97.9 Å². The minimum Gasteiger partial charge on any atom is -0.302 e. The zero-order valence-corrected chi connectivity index (χ0v) is 9.81. The Morgan fingerprint density at radius 3 is 2.75 bits per heavy atom. The topological polar surface area (TPSA) is 6.48 Å². The molecule has 2 bridgehead atoms. The van der Waals surface area contributed by atoms with Crippen LogP contribution in [0.2, 0.25) is 0 Å². The molecule has 2 aliphatic rings. The van der Waals surface area contributed by atoms with E-state index in [1.165, 1.54) is 44.7 Å². The third-order valence-corrected chi connectivity index (χ3v) is 3.87. The van der Waals surface area contributed by atoms with Gasteiger partial charge in [-0.3, -0.25) is 4.90 Å². The van der Waals surface area contributed by atoms with E-state index in [9.17, 15) is 0 Å². The lowest BCUT2D eigenvalue weighted by molar-refractivity contribution is 0.227. The van der Waals surface area contributed by atoms with Gasteiger partial charge in [0.2, 0.25) is 0 Å². The van der Waals surface area contributed by atoms with E-state index in [1.54, 1.807) is 0 Å². The van der Waals surface area contributed by atoms with Crippen molar-refractivity contribution >= 4 is 0 Å². The van der Waals surface area contributed by atoms with Crippen LogP contribution in [0.25, 0.3) is 0 Å². The minimum atomic E-state index is 0.922. The van der Waals surface area contributed by atoms with Gasteiger partial charge in [-0.15, -0.1) is 0 Å². The van der Waals surface area contributed by atoms with Crippen molar-refractivity contribution in [1.29, 1.82) is 0 Å². The third-order valence-electron chi connectivity index (χ3n) is 3.87. The molecular weight excluding hydrogens is 196 g/mol. The fourth-order valence-electron chi connectivity index (χ4n) is 2.99. The number of fused-ring (bicyclic) bond motifs is 2. The Morgan fingerprint density at radius 2 is 1.88 bits per heavy atom. The van der Waals surface area contributed by atoms with Gasteiger partial charge in [-0.05, 0) is 24.4 Å². The fourth-order valence-corrected chi connectivity index (χ4v) is 2.99. The van der Waals surface area contributed by atoms with E-state index in [1.807, 2.05) is 0 Å². The van der Waals surface area contributed by atoms with Crippen molar-refractivity contribution in [3.8, 4) is 0 Å². The molecule has 2 unspecified atom stereocenters. The van der Waals surface area contributed by atoms with Gasteiger partial charge in [-0.2, -0.15) is 0 Å². The lowest BCUT2D eigenvalue weighted by Gasteiger charge is -2.24. The molecule has 0 N–H and O–H groups in total. The molecule has 2 heteroatoms. The van der Waals surface area contributed by atoms with Crippen molar-refractivity contribution < 1.29 is 0 Å². The lowest BCUT2D eigenvalue weighted by atomic mass is 10.1. The van der Waals surface area contributed by atoms with E-state index in [2.05, 4.69) is 40.1 Å². The normalized spacial score (nSPS) is 30.2. The van der Waals surface area contributed by atoms with Gasteiger partial charge < -0.3 is 4.90 Å². The minimum absolute atomic E-state index is 0.922. The Kier molecular flexibility index (Phi) is 2.94. The van der Waals surface area contributed by atoms with Gasteiger partial charge in [0.1, 0.15) is 0 Å². The van der Waals surface area contributed by atoms with Gasteiger partial charge in [0.05, 0.1) is 0 Å². The first kappa shape index (κ1) is 10.3. The van der Waals surface area contributed by atoms with Gasteiger partial charge in [-0.25, -0.2) is 0 Å². The van der Waals surface area contributed by atoms with E-state index in [0.717, 1.165) is 12.5 Å². The predicted octanol–water partition coefficient (Wildman–Crippen LogP) is 1.82. The van der Waals surface area contributed by atoms with E-state index in [-0.39, 0.29) is 0 Å². The van der Waals surface area contributed by atoms with Gasteiger partial charge >= 0.3 is 0 Å². The molecular formula is C14H20N2. The molecule has 0 spiro atoms. The summed E-state index contributed by atoms with van der Waals surface area (Å²) in [6, 6.07) is 10.9. The van der Waals surface area contributed by atoms with Crippen molar-refractivity contribution in [3.05, 3.63) is 35.9 Å². The van der Waals surface area contributed by atoms with Crippen LogP contribution in [0.15, 0.2) is 30.3 Å². The van der Waals surface area contributed by atoms with Crippen LogP contribution in [-0.2, 0) is 6.54 Å². The molecule has 2 saturated heterocycles. The molecule has 1 aromatic carbocycles. The third kappa shape index (κ3) is 2.28. The molecule has 0 amide bonds. The summed E-state index contributed by atoms with van der Waals surface area (Å²) in [5.74, 6) is 0.922. The number of hydrogen-bond acceptors (Lipinski definition) is 2. The second-order valence-electron chi connectivity index (χ2n) is 5.18. The SMILES string of the molecule is c1ccc(CN2CCN3CCC(C3)C2)cc1. The molecule has 0 saturated carbocycles. The molecule has 2 fully saturated rings. The summed E-state index contributed by atoms with van der Waals surface area (Å²) >= 11 is 0. The Bertz CT molecular complexity index is 336. The summed E-state index contributed by atoms with van der Waals surface area (Å²) in [4.78, 5) is 5.24. The van der Waals surface area contributed by atoms with Crippen molar-refractivity contribution in [1.82, 2.24) is 9.80 Å². The summed E-state index contributed by atoms with van der Waals surface area (Å²) in [7, 11) is 0. The maximum atomic E-state index is 2.62. The highest BCUT2D eigenvalue weighted by atomic mass is 15.2. The molecule has 3 rings (SSSR count). The molecule has 1 aromatic rings. The maximum Gasteiger partial charge on any atom is 0.0234 e. The first-order valence-corrected chi connectivity index (χ1v) is 6.39. The smallest absolute Gasteiger partial charge is 0.0234 e. The summed E-state index contributed by atoms with van der Waals surface area (Å²) in [6.45, 7) is 7.61. The van der Waals surface area contributed by atoms with E-state index < -0.39 is 0 Å². The van der Waals surface area contributed by atoms with Gasteiger partial charge in [0.25, 0.3) is 0 Å². The molecule has 0 aliphatic carbocycles. The van der Waals surface area contributed by atoms with Crippen LogP contribution in [0, 0.1) is 5.92 Å². The first-order chi connectivity index (χ1) is 7.90. The van der Waals surface area contributed by atoms with Crippen molar-refractivity contribution in [2.75, 3.05) is 32.7 Å². The highest BCUT2D eigenvalue weighted by Crippen LogP contribution is 2.21. The summed E-state index contributed by atoms with van der Waals surface area (Å²) < 4.78 is 0. The van der Waals surface area contributed by atoms with Crippen molar-refractivity contribution in [2.45, 2.75) is 13.0 Å². The Balaban J connectivity index is 1.63. The van der Waals surface area contributed by atoms with Gasteiger partial charge in [-0.1, -0.05) is 30.3 Å². The van der Waals surface area contributed by atoms with Crippen molar-refractivity contribution in [2.24, 2.45) is 5.92 Å². The van der Waals surface area contributed by atoms with Crippen LogP contribution >= 0.6 is 0 Å². The Morgan fingerprint density at radius 1 is 1.00 bits per heavy atom. The number of nitrogens with zero attached hydrogens (tertiary/aromatic N) is 2. The second-order valence-corrected chi connectivity index (χ2v) is 5.18. The molecule has 0 radical (unpaired) electrons. The summed E-state index contributed by atoms with van der Waals surface area (Å²) in [6.07, 6.45) is 1.41. The zero-order valence-electron chi connectivity index (χ0n) is 9.81. The van der Waals surface area contributed by atoms with Crippen LogP contribution in [0.3, 0.4) is 0 Å². The highest BCUT2D eigenvalue weighted by molar-refractivity contribution is 5.14. The van der Waals surface area contributed by atoms with Crippen LogP contribution in [-0.4, -0.2) is 42.5 Å². The predicted molar refractivity (Wildman–Crippen MR) is 66.3 cm³/mol. The zero-order chi connectivity index (χ0) is 10.8. The van der Waals surface area contributed by atoms with Gasteiger partial charge in [0.15, 0.2) is 0 Å². The molecule has 86 valence electrons. The molecule has 0 aromatic heterocycles. The number of rotatable bonds is 2. The molecule has 2 heterocycles. The molecule has 16 heavy (non-hydrogen) atoms. The van der Waals surface area contributed by atoms with E-state index in [0.29, 0.717) is 0 Å². The van der Waals surface area contributed by atoms with Gasteiger partial charge in [0, 0.05) is 32.7 Å². The number of hydrogen-bond donors (Lipinski definition) is 0. The van der Waals surface area contributed by atoms with E-state index >= 15 is 0 Å². The quantitative estimate of drug-likeness (QED) is 0.744. The molecule has 2 aliphatic heterocycles. The fraction of sp³-hybridized carbons (Fsp3) is 0.571. The monoisotopic (exact) mass is 216 g/mol. The van der Waals surface area contributed by atoms with Crippen LogP contribution in [0.5, 0.6) is 0 Å². The summed E-state index contributed by atoms with van der Waals surface area (Å²) in [5, 5.41) is 0. The van der Waals surface area contributed by atoms with E-state index in [4.69, 9.17) is 0 Å². The first-order valence-electron chi connectivity index (χ1n) is 6.39. The average molecular weight is 216 g/mol. The second kappa shape index (κ2) is 4.56. The van der Waals surface area contributed by atoms with Crippen LogP contribution < -0.4 is 0 Å². The highest BCUT2D eigenvalue weighted by Gasteiger charge is 2.27.